The molecule has 0 amide bonds. The largest absolute Gasteiger partial charge is 0.327 e. The number of unbranched alkanes of at least 4 members (excludes halogenated alkanes) is 3. The van der Waals surface area contributed by atoms with Gasteiger partial charge in [0.1, 0.15) is 0 Å². The molecule has 1 heteroatoms. The Labute approximate surface area is 95.4 Å². The maximum Gasteiger partial charge on any atom is 0.00821 e. The fraction of sp³-hybridized carbons (Fsp3) is 0.786. The molecule has 0 spiro atoms. The van der Waals surface area contributed by atoms with Crippen LogP contribution in [0.15, 0.2) is 17.9 Å². The summed E-state index contributed by atoms with van der Waals surface area (Å²) in [4.78, 5) is 0. The van der Waals surface area contributed by atoms with Crippen molar-refractivity contribution in [3.8, 4) is 0 Å². The lowest BCUT2D eigenvalue weighted by Crippen LogP contribution is -2.20. The minimum Gasteiger partial charge on any atom is -0.327 e. The van der Waals surface area contributed by atoms with Gasteiger partial charge in [-0.2, -0.15) is 0 Å². The first kappa shape index (κ1) is 14.5. The lowest BCUT2D eigenvalue weighted by Gasteiger charge is -2.12. The van der Waals surface area contributed by atoms with Crippen LogP contribution in [-0.4, -0.2) is 6.04 Å². The van der Waals surface area contributed by atoms with Gasteiger partial charge >= 0.3 is 0 Å². The van der Waals surface area contributed by atoms with Crippen LogP contribution in [0.2, 0.25) is 0 Å². The van der Waals surface area contributed by atoms with E-state index >= 15 is 0 Å². The molecule has 0 rings (SSSR count). The zero-order valence-electron chi connectivity index (χ0n) is 10.5. The number of hydrogen-bond donors (Lipinski definition) is 1. The molecule has 0 heterocycles. The van der Waals surface area contributed by atoms with E-state index in [1.54, 1.807) is 0 Å². The third-order valence-electron chi connectivity index (χ3n) is 2.77. The normalized spacial score (nSPS) is 12.2. The Balaban J connectivity index is 3.74. The summed E-state index contributed by atoms with van der Waals surface area (Å²) in [7, 11) is 0. The van der Waals surface area contributed by atoms with E-state index in [0.29, 0.717) is 6.04 Å². The molecule has 0 aromatic rings. The molecule has 0 saturated carbocycles. The SMILES string of the molecule is C=C=C(CCCCC)CC(N)CCCC. The maximum atomic E-state index is 6.05. The monoisotopic (exact) mass is 209 g/mol. The smallest absolute Gasteiger partial charge is 0.00821 e. The predicted molar refractivity (Wildman–Crippen MR) is 68.9 cm³/mol. The van der Waals surface area contributed by atoms with Crippen LogP contribution in [0, 0.1) is 0 Å². The van der Waals surface area contributed by atoms with E-state index < -0.39 is 0 Å². The van der Waals surface area contributed by atoms with Crippen molar-refractivity contribution in [1.82, 2.24) is 0 Å². The van der Waals surface area contributed by atoms with E-state index in [0.717, 1.165) is 19.3 Å². The summed E-state index contributed by atoms with van der Waals surface area (Å²) in [6.45, 7) is 8.19. The maximum absolute atomic E-state index is 6.05. The van der Waals surface area contributed by atoms with Gasteiger partial charge in [-0.1, -0.05) is 46.1 Å². The first-order valence-corrected chi connectivity index (χ1v) is 6.37. The zero-order chi connectivity index (χ0) is 11.5. The van der Waals surface area contributed by atoms with Gasteiger partial charge in [0.25, 0.3) is 0 Å². The van der Waals surface area contributed by atoms with Crippen LogP contribution < -0.4 is 5.73 Å². The topological polar surface area (TPSA) is 26.0 Å². The second-order valence-electron chi connectivity index (χ2n) is 4.34. The molecule has 0 aromatic heterocycles. The molecule has 0 aliphatic rings. The molecule has 0 aromatic carbocycles. The average Bonchev–Trinajstić information content (AvgIpc) is 2.25. The van der Waals surface area contributed by atoms with Crippen molar-refractivity contribution in [3.05, 3.63) is 17.9 Å². The van der Waals surface area contributed by atoms with Crippen molar-refractivity contribution in [2.75, 3.05) is 0 Å². The van der Waals surface area contributed by atoms with Crippen LogP contribution >= 0.6 is 0 Å². The average molecular weight is 209 g/mol. The molecule has 0 radical (unpaired) electrons. The zero-order valence-corrected chi connectivity index (χ0v) is 10.5. The van der Waals surface area contributed by atoms with Gasteiger partial charge in [0.2, 0.25) is 0 Å². The van der Waals surface area contributed by atoms with E-state index in [-0.39, 0.29) is 0 Å². The second-order valence-corrected chi connectivity index (χ2v) is 4.34. The molecular formula is C14H27N. The molecule has 88 valence electrons. The fourth-order valence-electron chi connectivity index (χ4n) is 1.74. The molecule has 2 N–H and O–H groups in total. The van der Waals surface area contributed by atoms with E-state index in [9.17, 15) is 0 Å². The van der Waals surface area contributed by atoms with Gasteiger partial charge < -0.3 is 5.73 Å². The Bertz CT molecular complexity index is 190. The van der Waals surface area contributed by atoms with E-state index in [1.807, 2.05) is 0 Å². The fourth-order valence-corrected chi connectivity index (χ4v) is 1.74. The van der Waals surface area contributed by atoms with Crippen LogP contribution in [0.4, 0.5) is 0 Å². The summed E-state index contributed by atoms with van der Waals surface area (Å²) in [5.41, 5.74) is 10.4. The van der Waals surface area contributed by atoms with Crippen molar-refractivity contribution in [1.29, 1.82) is 0 Å². The van der Waals surface area contributed by atoms with Crippen LogP contribution in [0.25, 0.3) is 0 Å². The molecule has 0 fully saturated rings. The van der Waals surface area contributed by atoms with Gasteiger partial charge in [-0.3, -0.25) is 0 Å². The molecular weight excluding hydrogens is 182 g/mol. The molecule has 1 atom stereocenters. The van der Waals surface area contributed by atoms with Gasteiger partial charge in [-0.05, 0) is 31.3 Å². The first-order chi connectivity index (χ1) is 7.24. The number of nitrogens with two attached hydrogens (primary N) is 1. The van der Waals surface area contributed by atoms with Gasteiger partial charge in [0, 0.05) is 6.04 Å². The summed E-state index contributed by atoms with van der Waals surface area (Å²) in [5.74, 6) is 0. The van der Waals surface area contributed by atoms with Crippen molar-refractivity contribution >= 4 is 0 Å². The minimum atomic E-state index is 0.316. The molecule has 0 bridgehead atoms. The Kier molecular flexibility index (Phi) is 9.67. The van der Waals surface area contributed by atoms with Crippen molar-refractivity contribution < 1.29 is 0 Å². The van der Waals surface area contributed by atoms with Crippen LogP contribution in [0.5, 0.6) is 0 Å². The van der Waals surface area contributed by atoms with E-state index in [1.165, 1.54) is 37.7 Å². The summed E-state index contributed by atoms with van der Waals surface area (Å²) >= 11 is 0. The number of hydrogen-bond acceptors (Lipinski definition) is 1. The van der Waals surface area contributed by atoms with Crippen LogP contribution in [-0.2, 0) is 0 Å². The summed E-state index contributed by atoms with van der Waals surface area (Å²) in [5, 5.41) is 0. The van der Waals surface area contributed by atoms with Gasteiger partial charge in [0.05, 0.1) is 0 Å². The summed E-state index contributed by atoms with van der Waals surface area (Å²) < 4.78 is 0. The molecule has 0 saturated heterocycles. The van der Waals surface area contributed by atoms with Crippen LogP contribution in [0.3, 0.4) is 0 Å². The van der Waals surface area contributed by atoms with Gasteiger partial charge in [-0.15, -0.1) is 5.73 Å². The van der Waals surface area contributed by atoms with E-state index in [4.69, 9.17) is 5.73 Å². The van der Waals surface area contributed by atoms with Gasteiger partial charge in [-0.25, -0.2) is 0 Å². The molecule has 0 aliphatic carbocycles. The quantitative estimate of drug-likeness (QED) is 0.447. The third-order valence-corrected chi connectivity index (χ3v) is 2.77. The highest BCUT2D eigenvalue weighted by Gasteiger charge is 2.05. The molecule has 1 nitrogen and oxygen atoms in total. The highest BCUT2D eigenvalue weighted by Crippen LogP contribution is 2.15. The van der Waals surface area contributed by atoms with E-state index in [2.05, 4.69) is 26.2 Å². The van der Waals surface area contributed by atoms with Crippen molar-refractivity contribution in [3.63, 3.8) is 0 Å². The Morgan fingerprint density at radius 2 is 1.87 bits per heavy atom. The lowest BCUT2D eigenvalue weighted by molar-refractivity contribution is 0.558. The van der Waals surface area contributed by atoms with Gasteiger partial charge in [0.15, 0.2) is 0 Å². The number of rotatable bonds is 9. The molecule has 0 aliphatic heterocycles. The molecule has 1 unspecified atom stereocenters. The highest BCUT2D eigenvalue weighted by atomic mass is 14.6. The Hall–Kier alpha value is -0.520. The first-order valence-electron chi connectivity index (χ1n) is 6.37. The molecule has 15 heavy (non-hydrogen) atoms. The second kappa shape index (κ2) is 10.0. The highest BCUT2D eigenvalue weighted by molar-refractivity contribution is 5.01. The predicted octanol–water partition coefficient (Wildman–Crippen LogP) is 4.19. The van der Waals surface area contributed by atoms with Crippen molar-refractivity contribution in [2.24, 2.45) is 5.73 Å². The standard InChI is InChI=1S/C14H27N/c1-4-7-9-10-13(6-3)12-14(15)11-8-5-2/h14H,3-5,7-12,15H2,1-2H3. The Morgan fingerprint density at radius 1 is 1.20 bits per heavy atom. The third kappa shape index (κ3) is 8.47. The summed E-state index contributed by atoms with van der Waals surface area (Å²) in [6, 6.07) is 0.316. The van der Waals surface area contributed by atoms with Crippen LogP contribution in [0.1, 0.15) is 65.2 Å². The summed E-state index contributed by atoms with van der Waals surface area (Å²) in [6.07, 6.45) is 9.56. The lowest BCUT2D eigenvalue weighted by atomic mass is 9.98. The Morgan fingerprint density at radius 3 is 2.40 bits per heavy atom. The minimum absolute atomic E-state index is 0.316. The van der Waals surface area contributed by atoms with Crippen molar-refractivity contribution in [2.45, 2.75) is 71.3 Å².